The lowest BCUT2D eigenvalue weighted by Gasteiger charge is -2.35. The highest BCUT2D eigenvalue weighted by molar-refractivity contribution is 7.13. The highest BCUT2D eigenvalue weighted by atomic mass is 32.1. The molecule has 0 spiro atoms. The van der Waals surface area contributed by atoms with Crippen LogP contribution in [-0.4, -0.2) is 52.0 Å². The highest BCUT2D eigenvalue weighted by Crippen LogP contribution is 2.24. The van der Waals surface area contributed by atoms with Crippen molar-refractivity contribution in [1.82, 2.24) is 19.9 Å². The topological polar surface area (TPSA) is 62.5 Å². The van der Waals surface area contributed by atoms with Gasteiger partial charge in [-0.15, -0.1) is 11.3 Å². The van der Waals surface area contributed by atoms with Crippen LogP contribution in [0.15, 0.2) is 52.4 Å². The van der Waals surface area contributed by atoms with Crippen LogP contribution in [0.4, 0.5) is 0 Å². The van der Waals surface area contributed by atoms with Crippen molar-refractivity contribution in [2.24, 2.45) is 0 Å². The number of hydrogen-bond acceptors (Lipinski definition) is 6. The van der Waals surface area contributed by atoms with E-state index in [4.69, 9.17) is 4.52 Å². The van der Waals surface area contributed by atoms with Crippen LogP contribution in [0.25, 0.3) is 10.7 Å². The molecule has 4 rings (SSSR count). The van der Waals surface area contributed by atoms with Crippen LogP contribution in [0.5, 0.6) is 0 Å². The van der Waals surface area contributed by atoms with Crippen molar-refractivity contribution in [1.29, 1.82) is 0 Å². The molecule has 1 aromatic carbocycles. The first-order valence-electron chi connectivity index (χ1n) is 9.67. The fraction of sp³-hybridized carbons (Fsp3) is 0.381. The lowest BCUT2D eigenvalue weighted by Crippen LogP contribution is -2.49. The molecule has 1 saturated heterocycles. The Hall–Kier alpha value is -2.51. The van der Waals surface area contributed by atoms with Gasteiger partial charge in [-0.2, -0.15) is 4.98 Å². The second-order valence-corrected chi connectivity index (χ2v) is 7.91. The molecule has 146 valence electrons. The molecule has 1 aliphatic rings. The maximum atomic E-state index is 13.0. The quantitative estimate of drug-likeness (QED) is 0.637. The summed E-state index contributed by atoms with van der Waals surface area (Å²) in [5.41, 5.74) is 1.10. The molecule has 3 aromatic rings. The van der Waals surface area contributed by atoms with Crippen molar-refractivity contribution in [2.75, 3.05) is 26.2 Å². The molecule has 0 saturated carbocycles. The number of nitrogens with zero attached hydrogens (tertiary/aromatic N) is 4. The number of hydrogen-bond donors (Lipinski definition) is 0. The van der Waals surface area contributed by atoms with E-state index in [9.17, 15) is 4.79 Å². The molecule has 28 heavy (non-hydrogen) atoms. The minimum absolute atomic E-state index is 0.0583. The fourth-order valence-corrected chi connectivity index (χ4v) is 4.25. The third-order valence-electron chi connectivity index (χ3n) is 5.16. The van der Waals surface area contributed by atoms with Crippen LogP contribution in [-0.2, 0) is 11.3 Å². The molecule has 1 fully saturated rings. The second-order valence-electron chi connectivity index (χ2n) is 6.96. The molecule has 1 aliphatic heterocycles. The molecule has 7 heteroatoms. The molecule has 1 amide bonds. The number of thiophene rings is 1. The molecule has 1 unspecified atom stereocenters. The van der Waals surface area contributed by atoms with E-state index in [1.54, 1.807) is 11.3 Å². The van der Waals surface area contributed by atoms with Gasteiger partial charge < -0.3 is 9.42 Å². The number of piperazine rings is 1. The first kappa shape index (κ1) is 18.8. The molecule has 0 radical (unpaired) electrons. The number of carbonyl (C=O) groups excluding carboxylic acids is 1. The zero-order valence-electron chi connectivity index (χ0n) is 16.0. The Morgan fingerprint density at radius 2 is 1.93 bits per heavy atom. The van der Waals surface area contributed by atoms with Crippen molar-refractivity contribution in [3.05, 3.63) is 59.3 Å². The first-order valence-corrected chi connectivity index (χ1v) is 10.5. The summed E-state index contributed by atoms with van der Waals surface area (Å²) in [5.74, 6) is 1.44. The summed E-state index contributed by atoms with van der Waals surface area (Å²) in [7, 11) is 0. The predicted molar refractivity (Wildman–Crippen MR) is 109 cm³/mol. The summed E-state index contributed by atoms with van der Waals surface area (Å²) < 4.78 is 5.40. The Bertz CT molecular complexity index is 886. The molecule has 3 heterocycles. The third kappa shape index (κ3) is 4.15. The Labute approximate surface area is 168 Å². The minimum atomic E-state index is -0.0583. The standard InChI is InChI=1S/C21H24N4O2S/c1-2-17(16-7-4-3-5-8-16)21(26)25-12-10-24(11-13-25)15-19-22-20(23-27-19)18-9-6-14-28-18/h3-9,14,17H,2,10-13,15H2,1H3. The maximum absolute atomic E-state index is 13.0. The molecule has 1 atom stereocenters. The van der Waals surface area contributed by atoms with Gasteiger partial charge in [0.1, 0.15) is 0 Å². The maximum Gasteiger partial charge on any atom is 0.241 e. The van der Waals surface area contributed by atoms with Crippen LogP contribution in [0, 0.1) is 0 Å². The monoisotopic (exact) mass is 396 g/mol. The fourth-order valence-electron chi connectivity index (χ4n) is 3.60. The molecular weight excluding hydrogens is 372 g/mol. The van der Waals surface area contributed by atoms with Crippen LogP contribution in [0.3, 0.4) is 0 Å². The van der Waals surface area contributed by atoms with Crippen molar-refractivity contribution < 1.29 is 9.32 Å². The molecular formula is C21H24N4O2S. The lowest BCUT2D eigenvalue weighted by molar-refractivity contribution is -0.134. The second kappa shape index (κ2) is 8.67. The summed E-state index contributed by atoms with van der Waals surface area (Å²) in [6, 6.07) is 14.0. The van der Waals surface area contributed by atoms with Gasteiger partial charge in [-0.3, -0.25) is 9.69 Å². The number of aromatic nitrogens is 2. The normalized spacial score (nSPS) is 16.2. The molecule has 0 N–H and O–H groups in total. The summed E-state index contributed by atoms with van der Waals surface area (Å²) in [5, 5.41) is 6.07. The van der Waals surface area contributed by atoms with Crippen molar-refractivity contribution in [2.45, 2.75) is 25.8 Å². The van der Waals surface area contributed by atoms with Gasteiger partial charge in [0.2, 0.25) is 17.6 Å². The average Bonchev–Trinajstić information content (AvgIpc) is 3.42. The van der Waals surface area contributed by atoms with Crippen molar-refractivity contribution in [3.8, 4) is 10.7 Å². The zero-order chi connectivity index (χ0) is 19.3. The number of carbonyl (C=O) groups is 1. The highest BCUT2D eigenvalue weighted by Gasteiger charge is 2.28. The van der Waals surface area contributed by atoms with Gasteiger partial charge in [-0.1, -0.05) is 48.5 Å². The van der Waals surface area contributed by atoms with Crippen molar-refractivity contribution in [3.63, 3.8) is 0 Å². The summed E-state index contributed by atoms with van der Waals surface area (Å²) in [4.78, 5) is 22.8. The Kier molecular flexibility index (Phi) is 5.83. The zero-order valence-corrected chi connectivity index (χ0v) is 16.8. The SMILES string of the molecule is CCC(C(=O)N1CCN(Cc2nc(-c3cccs3)no2)CC1)c1ccccc1. The van der Waals surface area contributed by atoms with E-state index >= 15 is 0 Å². The smallest absolute Gasteiger partial charge is 0.241 e. The molecule has 0 bridgehead atoms. The van der Waals surface area contributed by atoms with E-state index in [1.807, 2.05) is 52.7 Å². The van der Waals surface area contributed by atoms with E-state index in [1.165, 1.54) is 0 Å². The van der Waals surface area contributed by atoms with E-state index in [0.29, 0.717) is 18.3 Å². The summed E-state index contributed by atoms with van der Waals surface area (Å²) >= 11 is 1.60. The van der Waals surface area contributed by atoms with Crippen LogP contribution >= 0.6 is 11.3 Å². The number of benzene rings is 1. The van der Waals surface area contributed by atoms with E-state index in [-0.39, 0.29) is 11.8 Å². The van der Waals surface area contributed by atoms with Crippen LogP contribution in [0.1, 0.15) is 30.7 Å². The van der Waals surface area contributed by atoms with Crippen LogP contribution in [0.2, 0.25) is 0 Å². The van der Waals surface area contributed by atoms with Gasteiger partial charge in [-0.25, -0.2) is 0 Å². The predicted octanol–water partition coefficient (Wildman–Crippen LogP) is 3.64. The van der Waals surface area contributed by atoms with Gasteiger partial charge in [0.15, 0.2) is 0 Å². The van der Waals surface area contributed by atoms with Gasteiger partial charge in [0.25, 0.3) is 0 Å². The molecule has 0 aliphatic carbocycles. The van der Waals surface area contributed by atoms with Gasteiger partial charge in [-0.05, 0) is 23.4 Å². The average molecular weight is 397 g/mol. The van der Waals surface area contributed by atoms with Crippen molar-refractivity contribution >= 4 is 17.2 Å². The number of rotatable bonds is 6. The van der Waals surface area contributed by atoms with Gasteiger partial charge in [0, 0.05) is 26.2 Å². The van der Waals surface area contributed by atoms with Crippen LogP contribution < -0.4 is 0 Å². The van der Waals surface area contributed by atoms with Gasteiger partial charge in [0.05, 0.1) is 17.3 Å². The summed E-state index contributed by atoms with van der Waals surface area (Å²) in [6.07, 6.45) is 0.816. The van der Waals surface area contributed by atoms with E-state index in [0.717, 1.165) is 43.0 Å². The Morgan fingerprint density at radius 1 is 1.14 bits per heavy atom. The molecule has 6 nitrogen and oxygen atoms in total. The number of amides is 1. The van der Waals surface area contributed by atoms with E-state index < -0.39 is 0 Å². The van der Waals surface area contributed by atoms with Gasteiger partial charge >= 0.3 is 0 Å². The minimum Gasteiger partial charge on any atom is -0.340 e. The van der Waals surface area contributed by atoms with E-state index in [2.05, 4.69) is 22.0 Å². The summed E-state index contributed by atoms with van der Waals surface area (Å²) in [6.45, 7) is 5.78. The first-order chi connectivity index (χ1) is 13.7. The Balaban J connectivity index is 1.32. The third-order valence-corrected chi connectivity index (χ3v) is 6.03. The lowest BCUT2D eigenvalue weighted by atomic mass is 9.95. The Morgan fingerprint density at radius 3 is 2.61 bits per heavy atom. The largest absolute Gasteiger partial charge is 0.340 e. The molecule has 2 aromatic heterocycles.